The van der Waals surface area contributed by atoms with Gasteiger partial charge in [0.05, 0.1) is 5.69 Å². The minimum absolute atomic E-state index is 0.109. The van der Waals surface area contributed by atoms with Crippen LogP contribution in [0.3, 0.4) is 0 Å². The van der Waals surface area contributed by atoms with E-state index >= 15 is 0 Å². The van der Waals surface area contributed by atoms with E-state index in [9.17, 15) is 13.6 Å². The molecule has 0 saturated heterocycles. The summed E-state index contributed by atoms with van der Waals surface area (Å²) in [4.78, 5) is 13.5. The maximum atomic E-state index is 13.8. The normalized spacial score (nSPS) is 18.3. The second-order valence-electron chi connectivity index (χ2n) is 4.93. The summed E-state index contributed by atoms with van der Waals surface area (Å²) in [6, 6.07) is 0.933. The summed E-state index contributed by atoms with van der Waals surface area (Å²) in [6.07, 6.45) is 1.81. The molecule has 1 amide bonds. The summed E-state index contributed by atoms with van der Waals surface area (Å²) in [5.41, 5.74) is 6.12. The van der Waals surface area contributed by atoms with Crippen LogP contribution in [0.1, 0.15) is 38.3 Å². The van der Waals surface area contributed by atoms with Crippen LogP contribution in [0.15, 0.2) is 12.1 Å². The SMILES string of the molecule is CCC(CC)CN1C(=O)C(N)c2c(F)cc(F)cc21. The molecule has 1 unspecified atom stereocenters. The number of halogens is 2. The Hall–Kier alpha value is -1.49. The monoisotopic (exact) mass is 268 g/mol. The number of hydrogen-bond acceptors (Lipinski definition) is 2. The van der Waals surface area contributed by atoms with E-state index in [4.69, 9.17) is 5.73 Å². The smallest absolute Gasteiger partial charge is 0.248 e. The minimum Gasteiger partial charge on any atom is -0.316 e. The van der Waals surface area contributed by atoms with E-state index < -0.39 is 17.7 Å². The average molecular weight is 268 g/mol. The molecule has 1 aliphatic heterocycles. The molecule has 2 rings (SSSR count). The first-order valence-corrected chi connectivity index (χ1v) is 6.55. The van der Waals surface area contributed by atoms with Crippen molar-refractivity contribution in [2.24, 2.45) is 11.7 Å². The Morgan fingerprint density at radius 1 is 1.32 bits per heavy atom. The lowest BCUT2D eigenvalue weighted by molar-refractivity contribution is -0.119. The van der Waals surface area contributed by atoms with E-state index in [0.717, 1.165) is 18.9 Å². The van der Waals surface area contributed by atoms with Crippen LogP contribution in [-0.2, 0) is 4.79 Å². The zero-order valence-electron chi connectivity index (χ0n) is 11.1. The number of benzene rings is 1. The first-order valence-electron chi connectivity index (χ1n) is 6.55. The summed E-state index contributed by atoms with van der Waals surface area (Å²) in [5.74, 6) is -1.49. The molecule has 2 N–H and O–H groups in total. The fourth-order valence-corrected chi connectivity index (χ4v) is 2.51. The second kappa shape index (κ2) is 5.25. The lowest BCUT2D eigenvalue weighted by Gasteiger charge is -2.23. The highest BCUT2D eigenvalue weighted by molar-refractivity contribution is 6.04. The van der Waals surface area contributed by atoms with Crippen LogP contribution in [-0.4, -0.2) is 12.5 Å². The zero-order chi connectivity index (χ0) is 14.2. The number of amides is 1. The van der Waals surface area contributed by atoms with Crippen LogP contribution in [0, 0.1) is 17.6 Å². The number of anilines is 1. The fraction of sp³-hybridized carbons (Fsp3) is 0.500. The van der Waals surface area contributed by atoms with Gasteiger partial charge in [0.15, 0.2) is 0 Å². The molecule has 0 spiro atoms. The third-order valence-electron chi connectivity index (χ3n) is 3.80. The molecule has 5 heteroatoms. The molecule has 1 aromatic carbocycles. The van der Waals surface area contributed by atoms with E-state index in [0.29, 0.717) is 12.5 Å². The number of fused-ring (bicyclic) bond motifs is 1. The van der Waals surface area contributed by atoms with Crippen molar-refractivity contribution in [3.8, 4) is 0 Å². The van der Waals surface area contributed by atoms with Crippen molar-refractivity contribution in [1.82, 2.24) is 0 Å². The van der Waals surface area contributed by atoms with Crippen LogP contribution in [0.5, 0.6) is 0 Å². The first-order chi connectivity index (χ1) is 8.99. The van der Waals surface area contributed by atoms with Gasteiger partial charge in [-0.25, -0.2) is 8.78 Å². The zero-order valence-corrected chi connectivity index (χ0v) is 11.1. The Morgan fingerprint density at radius 3 is 2.53 bits per heavy atom. The number of nitrogens with two attached hydrogens (primary N) is 1. The third-order valence-corrected chi connectivity index (χ3v) is 3.80. The lowest BCUT2D eigenvalue weighted by Crippen LogP contribution is -2.35. The number of carbonyl (C=O) groups excluding carboxylic acids is 1. The van der Waals surface area contributed by atoms with E-state index in [1.165, 1.54) is 11.0 Å². The highest BCUT2D eigenvalue weighted by atomic mass is 19.1. The molecule has 0 saturated carbocycles. The molecule has 3 nitrogen and oxygen atoms in total. The Morgan fingerprint density at radius 2 is 1.95 bits per heavy atom. The first kappa shape index (κ1) is 13.9. The number of carbonyl (C=O) groups is 1. The quantitative estimate of drug-likeness (QED) is 0.912. The van der Waals surface area contributed by atoms with Crippen LogP contribution in [0.2, 0.25) is 0 Å². The van der Waals surface area contributed by atoms with E-state index in [-0.39, 0.29) is 17.2 Å². The second-order valence-corrected chi connectivity index (χ2v) is 4.93. The molecule has 0 aromatic heterocycles. The Bertz CT molecular complexity index is 500. The molecule has 1 aromatic rings. The van der Waals surface area contributed by atoms with Crippen LogP contribution < -0.4 is 10.6 Å². The van der Waals surface area contributed by atoms with Crippen LogP contribution in [0.4, 0.5) is 14.5 Å². The van der Waals surface area contributed by atoms with E-state index in [2.05, 4.69) is 0 Å². The summed E-state index contributed by atoms with van der Waals surface area (Å²) < 4.78 is 27.1. The van der Waals surface area contributed by atoms with Gasteiger partial charge < -0.3 is 10.6 Å². The van der Waals surface area contributed by atoms with Gasteiger partial charge in [-0.05, 0) is 12.0 Å². The molecule has 0 bridgehead atoms. The van der Waals surface area contributed by atoms with Crippen LogP contribution >= 0.6 is 0 Å². The van der Waals surface area contributed by atoms with E-state index in [1.54, 1.807) is 0 Å². The van der Waals surface area contributed by atoms with E-state index in [1.807, 2.05) is 13.8 Å². The van der Waals surface area contributed by atoms with Crippen LogP contribution in [0.25, 0.3) is 0 Å². The number of rotatable bonds is 4. The summed E-state index contributed by atoms with van der Waals surface area (Å²) >= 11 is 0. The molecule has 0 radical (unpaired) electrons. The molecule has 0 aliphatic carbocycles. The molecular weight excluding hydrogens is 250 g/mol. The molecule has 1 heterocycles. The third kappa shape index (κ3) is 2.34. The number of hydrogen-bond donors (Lipinski definition) is 1. The Balaban J connectivity index is 2.41. The molecular formula is C14H18F2N2O. The van der Waals surface area contributed by atoms with Crippen molar-refractivity contribution in [3.63, 3.8) is 0 Å². The molecule has 1 atom stereocenters. The molecule has 1 aliphatic rings. The van der Waals surface area contributed by atoms with Gasteiger partial charge in [0.25, 0.3) is 0 Å². The standard InChI is InChI=1S/C14H18F2N2O/c1-3-8(4-2)7-18-11-6-9(15)5-10(16)12(11)13(17)14(18)19/h5-6,8,13H,3-4,7,17H2,1-2H3. The lowest BCUT2D eigenvalue weighted by atomic mass is 10.0. The van der Waals surface area contributed by atoms with Crippen molar-refractivity contribution in [2.45, 2.75) is 32.7 Å². The average Bonchev–Trinajstić information content (AvgIpc) is 2.60. The topological polar surface area (TPSA) is 46.3 Å². The van der Waals surface area contributed by atoms with Crippen molar-refractivity contribution < 1.29 is 13.6 Å². The molecule has 104 valence electrons. The molecule has 19 heavy (non-hydrogen) atoms. The minimum atomic E-state index is -1.02. The van der Waals surface area contributed by atoms with Gasteiger partial charge in [0.1, 0.15) is 17.7 Å². The van der Waals surface area contributed by atoms with Gasteiger partial charge in [0.2, 0.25) is 5.91 Å². The van der Waals surface area contributed by atoms with Crippen molar-refractivity contribution >= 4 is 11.6 Å². The highest BCUT2D eigenvalue weighted by Crippen LogP contribution is 2.37. The fourth-order valence-electron chi connectivity index (χ4n) is 2.51. The summed E-state index contributed by atoms with van der Waals surface area (Å²) in [5, 5.41) is 0. The maximum Gasteiger partial charge on any atom is 0.248 e. The van der Waals surface area contributed by atoms with Gasteiger partial charge in [-0.2, -0.15) is 0 Å². The summed E-state index contributed by atoms with van der Waals surface area (Å²) in [6.45, 7) is 4.51. The molecule has 0 fully saturated rings. The van der Waals surface area contributed by atoms with Gasteiger partial charge in [-0.3, -0.25) is 4.79 Å². The maximum absolute atomic E-state index is 13.8. The number of nitrogens with zero attached hydrogens (tertiary/aromatic N) is 1. The highest BCUT2D eigenvalue weighted by Gasteiger charge is 2.38. The van der Waals surface area contributed by atoms with Gasteiger partial charge >= 0.3 is 0 Å². The van der Waals surface area contributed by atoms with Crippen molar-refractivity contribution in [3.05, 3.63) is 29.3 Å². The predicted octanol–water partition coefficient (Wildman–Crippen LogP) is 2.75. The van der Waals surface area contributed by atoms with Gasteiger partial charge in [-0.1, -0.05) is 26.7 Å². The van der Waals surface area contributed by atoms with Crippen molar-refractivity contribution in [2.75, 3.05) is 11.4 Å². The Labute approximate surface area is 111 Å². The van der Waals surface area contributed by atoms with Gasteiger partial charge in [0, 0.05) is 18.2 Å². The Kier molecular flexibility index (Phi) is 3.85. The van der Waals surface area contributed by atoms with Crippen molar-refractivity contribution in [1.29, 1.82) is 0 Å². The summed E-state index contributed by atoms with van der Waals surface area (Å²) in [7, 11) is 0. The largest absolute Gasteiger partial charge is 0.316 e. The predicted molar refractivity (Wildman–Crippen MR) is 69.7 cm³/mol. The van der Waals surface area contributed by atoms with Gasteiger partial charge in [-0.15, -0.1) is 0 Å².